The van der Waals surface area contributed by atoms with Gasteiger partial charge in [-0.1, -0.05) is 78.3 Å². The highest BCUT2D eigenvalue weighted by Crippen LogP contribution is 2.33. The van der Waals surface area contributed by atoms with Gasteiger partial charge in [0.25, 0.3) is 17.7 Å². The Morgan fingerprint density at radius 1 is 0.925 bits per heavy atom. The van der Waals surface area contributed by atoms with Crippen LogP contribution in [0.3, 0.4) is 0 Å². The molecule has 1 N–H and O–H groups in total. The smallest absolute Gasteiger partial charge is 0.307 e. The number of rotatable bonds is 10. The van der Waals surface area contributed by atoms with Crippen molar-refractivity contribution in [1.82, 2.24) is 15.1 Å². The lowest BCUT2D eigenvalue weighted by Gasteiger charge is -2.23. The van der Waals surface area contributed by atoms with Crippen LogP contribution >= 0.6 is 48.0 Å². The number of hydrogen-bond donors (Lipinski definition) is 1. The second kappa shape index (κ2) is 14.1. The van der Waals surface area contributed by atoms with E-state index in [1.807, 2.05) is 30.3 Å². The molecule has 0 bridgehead atoms. The van der Waals surface area contributed by atoms with Gasteiger partial charge >= 0.3 is 5.97 Å². The highest BCUT2D eigenvalue weighted by molar-refractivity contribution is 8.23. The Hall–Kier alpha value is -3.00. The van der Waals surface area contributed by atoms with Crippen molar-refractivity contribution in [1.29, 1.82) is 0 Å². The van der Waals surface area contributed by atoms with Gasteiger partial charge in [-0.15, -0.1) is 0 Å². The second-order valence-corrected chi connectivity index (χ2v) is 12.1. The van der Waals surface area contributed by atoms with Crippen molar-refractivity contribution in [2.24, 2.45) is 0 Å². The Morgan fingerprint density at radius 3 is 2.00 bits per heavy atom. The Balaban J connectivity index is 1.75. The maximum absolute atomic E-state index is 13.8. The number of ether oxygens (including phenoxy) is 2. The Kier molecular flexibility index (Phi) is 10.5. The van der Waals surface area contributed by atoms with Crippen LogP contribution < -0.4 is 10.1 Å². The molecular weight excluding hydrogens is 591 g/mol. The molecule has 2 aromatic rings. The number of amides is 3. The number of nitrogens with zero attached hydrogens (tertiary/aromatic N) is 2. The van der Waals surface area contributed by atoms with E-state index in [1.54, 1.807) is 6.92 Å². The lowest BCUT2D eigenvalue weighted by molar-refractivity contribution is -0.142. The number of esters is 1. The van der Waals surface area contributed by atoms with Crippen LogP contribution in [0, 0.1) is 0 Å². The van der Waals surface area contributed by atoms with Crippen LogP contribution in [0.1, 0.15) is 50.0 Å². The first-order chi connectivity index (χ1) is 19.3. The predicted molar refractivity (Wildman–Crippen MR) is 163 cm³/mol. The number of carbonyl (C=O) groups is 4. The molecular formula is C27H27N3O6S4. The third kappa shape index (κ3) is 7.19. The van der Waals surface area contributed by atoms with E-state index in [0.29, 0.717) is 33.2 Å². The van der Waals surface area contributed by atoms with Crippen LogP contribution in [-0.4, -0.2) is 79.9 Å². The Bertz CT molecular complexity index is 1280. The zero-order valence-electron chi connectivity index (χ0n) is 21.7. The average Bonchev–Trinajstić information content (AvgIpc) is 3.59. The highest BCUT2D eigenvalue weighted by Gasteiger charge is 2.34. The van der Waals surface area contributed by atoms with Gasteiger partial charge in [-0.3, -0.25) is 29.0 Å². The van der Waals surface area contributed by atoms with Gasteiger partial charge in [0.2, 0.25) is 0 Å². The van der Waals surface area contributed by atoms with Gasteiger partial charge < -0.3 is 14.8 Å². The maximum atomic E-state index is 13.8. The van der Waals surface area contributed by atoms with Crippen molar-refractivity contribution in [3.63, 3.8) is 0 Å². The SMILES string of the molecule is CCOC(=O)CCNC(=O)c1cc(C(=O)N2CCSC2=S)c(OCc2ccccc2)c(C(=O)N2CCSC2=S)c1. The summed E-state index contributed by atoms with van der Waals surface area (Å²) in [6, 6.07) is 12.1. The van der Waals surface area contributed by atoms with Crippen LogP contribution in [0.25, 0.3) is 0 Å². The van der Waals surface area contributed by atoms with Gasteiger partial charge in [-0.25, -0.2) is 0 Å². The summed E-state index contributed by atoms with van der Waals surface area (Å²) in [7, 11) is 0. The van der Waals surface area contributed by atoms with Gasteiger partial charge in [-0.05, 0) is 24.6 Å². The van der Waals surface area contributed by atoms with Crippen LogP contribution in [0.4, 0.5) is 0 Å². The first-order valence-corrected chi connectivity index (χ1v) is 15.3. The summed E-state index contributed by atoms with van der Waals surface area (Å²) in [6.07, 6.45) is -0.0199. The van der Waals surface area contributed by atoms with Gasteiger partial charge in [0, 0.05) is 36.7 Å². The number of benzene rings is 2. The Morgan fingerprint density at radius 2 is 1.50 bits per heavy atom. The minimum Gasteiger partial charge on any atom is -0.487 e. The zero-order chi connectivity index (χ0) is 28.6. The molecule has 0 atom stereocenters. The van der Waals surface area contributed by atoms with E-state index >= 15 is 0 Å². The van der Waals surface area contributed by atoms with Gasteiger partial charge in [0.05, 0.1) is 24.2 Å². The quantitative estimate of drug-likeness (QED) is 0.312. The molecule has 210 valence electrons. The monoisotopic (exact) mass is 617 g/mol. The van der Waals surface area contributed by atoms with Crippen molar-refractivity contribution in [2.45, 2.75) is 20.0 Å². The molecule has 0 radical (unpaired) electrons. The molecule has 2 saturated heterocycles. The van der Waals surface area contributed by atoms with Gasteiger partial charge in [0.15, 0.2) is 0 Å². The molecule has 2 aromatic carbocycles. The fourth-order valence-corrected chi connectivity index (χ4v) is 6.43. The van der Waals surface area contributed by atoms with E-state index in [2.05, 4.69) is 5.32 Å². The summed E-state index contributed by atoms with van der Waals surface area (Å²) in [6.45, 7) is 2.84. The summed E-state index contributed by atoms with van der Waals surface area (Å²) in [5.74, 6) is -0.592. The van der Waals surface area contributed by atoms with Crippen molar-refractivity contribution in [2.75, 3.05) is 37.7 Å². The standard InChI is InChI=1S/C27H27N3O6S4/c1-2-35-21(31)8-9-28-23(32)18-14-19(24(33)29-10-12-39-26(29)37)22(36-16-17-6-4-3-5-7-17)20(15-18)25(34)30-11-13-40-27(30)38/h3-7,14-15H,2,8-13,16H2,1H3,(H,28,32). The van der Waals surface area contributed by atoms with E-state index in [4.69, 9.17) is 33.9 Å². The summed E-state index contributed by atoms with van der Waals surface area (Å²) < 4.78 is 11.9. The fourth-order valence-electron chi connectivity index (χ4n) is 4.02. The molecule has 3 amide bonds. The lowest BCUT2D eigenvalue weighted by Crippen LogP contribution is -2.34. The first-order valence-electron chi connectivity index (χ1n) is 12.6. The fraction of sp³-hybridized carbons (Fsp3) is 0.333. The molecule has 0 spiro atoms. The molecule has 2 aliphatic rings. The number of hydrogen-bond acceptors (Lipinski definition) is 10. The minimum absolute atomic E-state index is 0.0199. The maximum Gasteiger partial charge on any atom is 0.307 e. The molecule has 9 nitrogen and oxygen atoms in total. The molecule has 13 heteroatoms. The van der Waals surface area contributed by atoms with Crippen LogP contribution in [0.5, 0.6) is 5.75 Å². The normalized spacial score (nSPS) is 14.8. The first kappa shape index (κ1) is 30.0. The third-order valence-electron chi connectivity index (χ3n) is 5.97. The zero-order valence-corrected chi connectivity index (χ0v) is 24.9. The lowest BCUT2D eigenvalue weighted by atomic mass is 10.0. The topological polar surface area (TPSA) is 105 Å². The Labute approximate surface area is 251 Å². The van der Waals surface area contributed by atoms with E-state index in [0.717, 1.165) is 5.56 Å². The molecule has 0 aliphatic carbocycles. The predicted octanol–water partition coefficient (Wildman–Crippen LogP) is 3.90. The van der Waals surface area contributed by atoms with Crippen molar-refractivity contribution >= 4 is 80.3 Å². The van der Waals surface area contributed by atoms with Crippen LogP contribution in [0.2, 0.25) is 0 Å². The molecule has 0 aromatic heterocycles. The molecule has 2 heterocycles. The van der Waals surface area contributed by atoms with E-state index in [-0.39, 0.29) is 48.6 Å². The molecule has 2 aliphatic heterocycles. The summed E-state index contributed by atoms with van der Waals surface area (Å²) >= 11 is 13.5. The third-order valence-corrected chi connectivity index (χ3v) is 8.83. The second-order valence-electron chi connectivity index (χ2n) is 8.63. The average molecular weight is 618 g/mol. The molecule has 0 unspecified atom stereocenters. The molecule has 4 rings (SSSR count). The minimum atomic E-state index is -0.557. The number of carbonyl (C=O) groups excluding carboxylic acids is 4. The number of thioether (sulfide) groups is 2. The van der Waals surface area contributed by atoms with Crippen LogP contribution in [0.15, 0.2) is 42.5 Å². The highest BCUT2D eigenvalue weighted by atomic mass is 32.2. The number of thiocarbonyl (C=S) groups is 2. The summed E-state index contributed by atoms with van der Waals surface area (Å²) in [5, 5.41) is 2.66. The molecule has 2 fully saturated rings. The van der Waals surface area contributed by atoms with Crippen molar-refractivity contribution < 1.29 is 28.7 Å². The largest absolute Gasteiger partial charge is 0.487 e. The summed E-state index contributed by atoms with van der Waals surface area (Å²) in [5.41, 5.74) is 0.984. The molecule has 0 saturated carbocycles. The van der Waals surface area contributed by atoms with Gasteiger partial charge in [0.1, 0.15) is 21.0 Å². The van der Waals surface area contributed by atoms with Crippen molar-refractivity contribution in [3.8, 4) is 5.75 Å². The van der Waals surface area contributed by atoms with Crippen LogP contribution in [-0.2, 0) is 16.1 Å². The van der Waals surface area contributed by atoms with E-state index < -0.39 is 23.7 Å². The number of nitrogens with one attached hydrogen (secondary N) is 1. The molecule has 40 heavy (non-hydrogen) atoms. The van der Waals surface area contributed by atoms with Crippen molar-refractivity contribution in [3.05, 3.63) is 64.7 Å². The summed E-state index contributed by atoms with van der Waals surface area (Å²) in [4.78, 5) is 55.4. The van der Waals surface area contributed by atoms with E-state index in [1.165, 1.54) is 45.5 Å². The van der Waals surface area contributed by atoms with Gasteiger partial charge in [-0.2, -0.15) is 0 Å². The van der Waals surface area contributed by atoms with E-state index in [9.17, 15) is 19.2 Å².